The number of amides is 3. The number of imide groups is 1. The van der Waals surface area contributed by atoms with Crippen LogP contribution in [0.4, 0.5) is 0 Å². The van der Waals surface area contributed by atoms with Crippen LogP contribution >= 0.6 is 0 Å². The molecule has 1 atom stereocenters. The number of esters is 1. The summed E-state index contributed by atoms with van der Waals surface area (Å²) >= 11 is 0. The van der Waals surface area contributed by atoms with Crippen LogP contribution in [-0.4, -0.2) is 52.7 Å². The minimum absolute atomic E-state index is 0.0939. The minimum Gasteiger partial charge on any atom is -0.449 e. The Balaban J connectivity index is 1.44. The van der Waals surface area contributed by atoms with Gasteiger partial charge in [0.05, 0.1) is 16.7 Å². The summed E-state index contributed by atoms with van der Waals surface area (Å²) in [6.45, 7) is 6.22. The standard InChI is InChI=1S/C24H22N2O5/c1-3-11-26-22(28)19-9-8-17(13-20(19)23(26)29)24(30)31-15(2)21(27)25-12-10-16-6-4-5-7-18(16)14-25/h3-9,13,15H,1,10-12,14H2,2H3/t15-/m0/s1. The quantitative estimate of drug-likeness (QED) is 0.423. The van der Waals surface area contributed by atoms with Crippen molar-refractivity contribution in [3.05, 3.63) is 82.9 Å². The van der Waals surface area contributed by atoms with Gasteiger partial charge in [0.25, 0.3) is 17.7 Å². The van der Waals surface area contributed by atoms with Gasteiger partial charge in [0, 0.05) is 19.6 Å². The molecular formula is C24H22N2O5. The van der Waals surface area contributed by atoms with Crippen LogP contribution in [0.25, 0.3) is 0 Å². The minimum atomic E-state index is -0.972. The maximum absolute atomic E-state index is 12.8. The molecule has 0 saturated carbocycles. The van der Waals surface area contributed by atoms with Crippen LogP contribution in [0, 0.1) is 0 Å². The van der Waals surface area contributed by atoms with E-state index in [2.05, 4.69) is 12.6 Å². The highest BCUT2D eigenvalue weighted by Crippen LogP contribution is 2.25. The monoisotopic (exact) mass is 418 g/mol. The molecule has 0 aliphatic carbocycles. The molecule has 0 saturated heterocycles. The normalized spacial score (nSPS) is 15.9. The molecule has 7 nitrogen and oxygen atoms in total. The molecule has 0 aromatic heterocycles. The highest BCUT2D eigenvalue weighted by Gasteiger charge is 2.35. The summed E-state index contributed by atoms with van der Waals surface area (Å²) in [5.41, 5.74) is 2.81. The van der Waals surface area contributed by atoms with Crippen LogP contribution in [0.15, 0.2) is 55.1 Å². The van der Waals surface area contributed by atoms with Crippen molar-refractivity contribution in [1.29, 1.82) is 0 Å². The van der Waals surface area contributed by atoms with Crippen LogP contribution in [0.5, 0.6) is 0 Å². The molecule has 2 aromatic carbocycles. The molecule has 0 radical (unpaired) electrons. The van der Waals surface area contributed by atoms with Gasteiger partial charge >= 0.3 is 5.97 Å². The first-order valence-corrected chi connectivity index (χ1v) is 10.1. The van der Waals surface area contributed by atoms with Gasteiger partial charge in [-0.1, -0.05) is 30.3 Å². The van der Waals surface area contributed by atoms with Crippen LogP contribution in [0.3, 0.4) is 0 Å². The first kappa shape index (κ1) is 20.5. The number of hydrogen-bond donors (Lipinski definition) is 0. The molecule has 4 rings (SSSR count). The van der Waals surface area contributed by atoms with E-state index in [1.807, 2.05) is 18.2 Å². The highest BCUT2D eigenvalue weighted by atomic mass is 16.5. The van der Waals surface area contributed by atoms with Gasteiger partial charge in [-0.2, -0.15) is 0 Å². The Bertz CT molecular complexity index is 1110. The molecule has 2 aromatic rings. The molecule has 2 aliphatic rings. The van der Waals surface area contributed by atoms with Gasteiger partial charge in [0.15, 0.2) is 6.10 Å². The maximum Gasteiger partial charge on any atom is 0.338 e. The number of fused-ring (bicyclic) bond motifs is 2. The highest BCUT2D eigenvalue weighted by molar-refractivity contribution is 6.22. The molecule has 0 fully saturated rings. The lowest BCUT2D eigenvalue weighted by Gasteiger charge is -2.30. The van der Waals surface area contributed by atoms with Gasteiger partial charge in [-0.25, -0.2) is 4.79 Å². The lowest BCUT2D eigenvalue weighted by molar-refractivity contribution is -0.140. The van der Waals surface area contributed by atoms with E-state index in [0.29, 0.717) is 13.1 Å². The summed E-state index contributed by atoms with van der Waals surface area (Å²) in [4.78, 5) is 52.9. The Morgan fingerprint density at radius 3 is 2.55 bits per heavy atom. The molecule has 0 unspecified atom stereocenters. The summed E-state index contributed by atoms with van der Waals surface area (Å²) in [5.74, 6) is -1.89. The molecule has 0 N–H and O–H groups in total. The molecule has 31 heavy (non-hydrogen) atoms. The number of benzene rings is 2. The largest absolute Gasteiger partial charge is 0.449 e. The predicted molar refractivity (Wildman–Crippen MR) is 112 cm³/mol. The SMILES string of the molecule is C=CCN1C(=O)c2ccc(C(=O)O[C@@H](C)C(=O)N3CCc4ccccc4C3)cc2C1=O. The summed E-state index contributed by atoms with van der Waals surface area (Å²) in [7, 11) is 0. The van der Waals surface area contributed by atoms with Gasteiger partial charge in [0.1, 0.15) is 0 Å². The van der Waals surface area contributed by atoms with Crippen molar-refractivity contribution in [3.8, 4) is 0 Å². The summed E-state index contributed by atoms with van der Waals surface area (Å²) < 4.78 is 5.38. The van der Waals surface area contributed by atoms with Gasteiger partial charge in [-0.3, -0.25) is 19.3 Å². The third-order valence-electron chi connectivity index (χ3n) is 5.59. The number of carbonyl (C=O) groups excluding carboxylic acids is 4. The second-order valence-corrected chi connectivity index (χ2v) is 7.60. The Hall–Kier alpha value is -3.74. The first-order chi connectivity index (χ1) is 14.9. The number of ether oxygens (including phenoxy) is 1. The van der Waals surface area contributed by atoms with Crippen LogP contribution in [0.1, 0.15) is 49.1 Å². The predicted octanol–water partition coefficient (Wildman–Crippen LogP) is 2.60. The van der Waals surface area contributed by atoms with E-state index >= 15 is 0 Å². The second-order valence-electron chi connectivity index (χ2n) is 7.60. The van der Waals surface area contributed by atoms with Crippen molar-refractivity contribution >= 4 is 23.7 Å². The van der Waals surface area contributed by atoms with Gasteiger partial charge in [-0.15, -0.1) is 6.58 Å². The summed E-state index contributed by atoms with van der Waals surface area (Å²) in [6, 6.07) is 12.2. The van der Waals surface area contributed by atoms with E-state index in [4.69, 9.17) is 4.74 Å². The summed E-state index contributed by atoms with van der Waals surface area (Å²) in [6.07, 6.45) is 1.24. The number of nitrogens with zero attached hydrogens (tertiary/aromatic N) is 2. The number of hydrogen-bond acceptors (Lipinski definition) is 5. The smallest absolute Gasteiger partial charge is 0.338 e. The fourth-order valence-electron chi connectivity index (χ4n) is 3.93. The van der Waals surface area contributed by atoms with Gasteiger partial charge in [0.2, 0.25) is 0 Å². The van der Waals surface area contributed by atoms with Crippen molar-refractivity contribution in [2.24, 2.45) is 0 Å². The average Bonchev–Trinajstić information content (AvgIpc) is 3.02. The zero-order valence-electron chi connectivity index (χ0n) is 17.2. The molecule has 2 aliphatic heterocycles. The van der Waals surface area contributed by atoms with Crippen molar-refractivity contribution in [2.75, 3.05) is 13.1 Å². The molecule has 0 spiro atoms. The maximum atomic E-state index is 12.8. The molecule has 2 heterocycles. The fraction of sp³-hybridized carbons (Fsp3) is 0.250. The van der Waals surface area contributed by atoms with E-state index < -0.39 is 23.9 Å². The Kier molecular flexibility index (Phi) is 5.42. The lowest BCUT2D eigenvalue weighted by Crippen LogP contribution is -2.42. The third kappa shape index (κ3) is 3.74. The van der Waals surface area contributed by atoms with Gasteiger partial charge < -0.3 is 9.64 Å². The molecule has 7 heteroatoms. The fourth-order valence-corrected chi connectivity index (χ4v) is 3.93. The average molecular weight is 418 g/mol. The first-order valence-electron chi connectivity index (χ1n) is 10.1. The second kappa shape index (κ2) is 8.18. The zero-order chi connectivity index (χ0) is 22.1. The van der Waals surface area contributed by atoms with Crippen molar-refractivity contribution in [2.45, 2.75) is 26.0 Å². The number of carbonyl (C=O) groups is 4. The Morgan fingerprint density at radius 2 is 1.81 bits per heavy atom. The summed E-state index contributed by atoms with van der Waals surface area (Å²) in [5, 5.41) is 0. The van der Waals surface area contributed by atoms with E-state index in [9.17, 15) is 19.2 Å². The van der Waals surface area contributed by atoms with Gasteiger partial charge in [-0.05, 0) is 42.7 Å². The Morgan fingerprint density at radius 1 is 1.10 bits per heavy atom. The topological polar surface area (TPSA) is 84.0 Å². The van der Waals surface area contributed by atoms with E-state index in [-0.39, 0.29) is 29.1 Å². The molecule has 0 bridgehead atoms. The molecule has 3 amide bonds. The third-order valence-corrected chi connectivity index (χ3v) is 5.59. The lowest BCUT2D eigenvalue weighted by atomic mass is 9.99. The van der Waals surface area contributed by atoms with E-state index in [1.165, 1.54) is 36.8 Å². The Labute approximate surface area is 179 Å². The van der Waals surface area contributed by atoms with Crippen LogP contribution in [-0.2, 0) is 22.5 Å². The van der Waals surface area contributed by atoms with E-state index in [1.54, 1.807) is 4.90 Å². The molecule has 158 valence electrons. The van der Waals surface area contributed by atoms with Crippen LogP contribution in [0.2, 0.25) is 0 Å². The zero-order valence-corrected chi connectivity index (χ0v) is 17.2. The number of rotatable bonds is 5. The van der Waals surface area contributed by atoms with Crippen LogP contribution < -0.4 is 0 Å². The van der Waals surface area contributed by atoms with Crippen molar-refractivity contribution in [1.82, 2.24) is 9.80 Å². The van der Waals surface area contributed by atoms with Crippen molar-refractivity contribution in [3.63, 3.8) is 0 Å². The molecular weight excluding hydrogens is 396 g/mol. The van der Waals surface area contributed by atoms with Crippen molar-refractivity contribution < 1.29 is 23.9 Å². The van der Waals surface area contributed by atoms with E-state index in [0.717, 1.165) is 16.9 Å².